The molecule has 0 heterocycles. The number of nitrogens with one attached hydrogen (secondary N) is 2. The van der Waals surface area contributed by atoms with Crippen LogP contribution in [-0.4, -0.2) is 30.0 Å². The van der Waals surface area contributed by atoms with Crippen molar-refractivity contribution in [2.75, 3.05) is 17.3 Å². The molecule has 1 aromatic carbocycles. The molecular formula is C13H18ClN3O2S. The molecule has 0 aliphatic carbocycles. The Morgan fingerprint density at radius 3 is 2.70 bits per heavy atom. The molecule has 1 rings (SSSR count). The lowest BCUT2D eigenvalue weighted by Gasteiger charge is -2.17. The summed E-state index contributed by atoms with van der Waals surface area (Å²) in [6, 6.07) is 3.83. The lowest BCUT2D eigenvalue weighted by Crippen LogP contribution is -2.46. The normalized spacial score (nSPS) is 11.8. The predicted octanol–water partition coefficient (Wildman–Crippen LogP) is 2.38. The first kappa shape index (κ1) is 16.7. The van der Waals surface area contributed by atoms with Crippen molar-refractivity contribution in [3.8, 4) is 0 Å². The summed E-state index contributed by atoms with van der Waals surface area (Å²) >= 11 is 7.46. The van der Waals surface area contributed by atoms with Crippen molar-refractivity contribution >= 4 is 41.0 Å². The zero-order valence-electron chi connectivity index (χ0n) is 11.4. The Morgan fingerprint density at radius 2 is 2.15 bits per heavy atom. The van der Waals surface area contributed by atoms with Crippen molar-refractivity contribution in [2.24, 2.45) is 5.73 Å². The summed E-state index contributed by atoms with van der Waals surface area (Å²) < 4.78 is 0. The van der Waals surface area contributed by atoms with E-state index in [4.69, 9.17) is 17.3 Å². The van der Waals surface area contributed by atoms with Crippen LogP contribution < -0.4 is 16.4 Å². The molecule has 0 saturated heterocycles. The van der Waals surface area contributed by atoms with Crippen LogP contribution in [0.25, 0.3) is 0 Å². The number of amides is 3. The van der Waals surface area contributed by atoms with E-state index in [1.165, 1.54) is 0 Å². The highest BCUT2D eigenvalue weighted by Crippen LogP contribution is 2.20. The number of hydrogen-bond acceptors (Lipinski definition) is 3. The van der Waals surface area contributed by atoms with Crippen molar-refractivity contribution < 1.29 is 9.59 Å². The number of nitrogens with two attached hydrogens (primary N) is 1. The number of carbonyl (C=O) groups excluding carboxylic acids is 2. The van der Waals surface area contributed by atoms with E-state index in [0.717, 1.165) is 11.3 Å². The van der Waals surface area contributed by atoms with Gasteiger partial charge in [-0.1, -0.05) is 11.6 Å². The molecule has 0 aliphatic heterocycles. The predicted molar refractivity (Wildman–Crippen MR) is 84.3 cm³/mol. The van der Waals surface area contributed by atoms with Crippen molar-refractivity contribution in [3.63, 3.8) is 0 Å². The van der Waals surface area contributed by atoms with E-state index in [1.807, 2.05) is 13.2 Å². The van der Waals surface area contributed by atoms with Gasteiger partial charge < -0.3 is 16.4 Å². The van der Waals surface area contributed by atoms with Crippen LogP contribution in [-0.2, 0) is 4.79 Å². The van der Waals surface area contributed by atoms with Gasteiger partial charge >= 0.3 is 6.03 Å². The van der Waals surface area contributed by atoms with Crippen LogP contribution in [0.1, 0.15) is 12.0 Å². The minimum atomic E-state index is -0.709. The highest BCUT2D eigenvalue weighted by atomic mass is 35.5. The molecular weight excluding hydrogens is 298 g/mol. The van der Waals surface area contributed by atoms with Gasteiger partial charge in [0, 0.05) is 10.7 Å². The lowest BCUT2D eigenvalue weighted by molar-refractivity contribution is -0.117. The van der Waals surface area contributed by atoms with E-state index < -0.39 is 12.1 Å². The minimum Gasteiger partial charge on any atom is -0.352 e. The van der Waals surface area contributed by atoms with Crippen LogP contribution >= 0.6 is 23.4 Å². The SMILES string of the molecule is CSCCC(NC(N)=O)C(=O)Nc1ccc(Cl)cc1C. The third-order valence-electron chi connectivity index (χ3n) is 2.69. The molecule has 0 fully saturated rings. The molecule has 20 heavy (non-hydrogen) atoms. The fraction of sp³-hybridized carbons (Fsp3) is 0.385. The van der Waals surface area contributed by atoms with Gasteiger partial charge in [0.2, 0.25) is 5.91 Å². The first-order chi connectivity index (χ1) is 9.43. The average Bonchev–Trinajstić information content (AvgIpc) is 2.37. The molecule has 0 aromatic heterocycles. The summed E-state index contributed by atoms with van der Waals surface area (Å²) in [5, 5.41) is 5.83. The Kier molecular flexibility index (Phi) is 6.67. The fourth-order valence-electron chi connectivity index (χ4n) is 1.66. The van der Waals surface area contributed by atoms with Crippen LogP contribution in [0, 0.1) is 6.92 Å². The molecule has 110 valence electrons. The molecule has 0 aliphatic rings. The maximum absolute atomic E-state index is 12.2. The van der Waals surface area contributed by atoms with Gasteiger partial charge in [-0.15, -0.1) is 0 Å². The second kappa shape index (κ2) is 8.01. The Bertz CT molecular complexity index is 497. The monoisotopic (exact) mass is 315 g/mol. The smallest absolute Gasteiger partial charge is 0.312 e. The summed E-state index contributed by atoms with van der Waals surface area (Å²) in [5.41, 5.74) is 6.61. The summed E-state index contributed by atoms with van der Waals surface area (Å²) in [6.45, 7) is 1.85. The van der Waals surface area contributed by atoms with Crippen LogP contribution in [0.2, 0.25) is 5.02 Å². The maximum atomic E-state index is 12.2. The van der Waals surface area contributed by atoms with Crippen molar-refractivity contribution in [1.29, 1.82) is 0 Å². The molecule has 0 saturated carbocycles. The number of carbonyl (C=O) groups is 2. The number of rotatable bonds is 6. The number of benzene rings is 1. The number of hydrogen-bond donors (Lipinski definition) is 3. The number of primary amides is 1. The minimum absolute atomic E-state index is 0.289. The van der Waals surface area contributed by atoms with Gasteiger partial charge in [0.05, 0.1) is 0 Å². The number of aryl methyl sites for hydroxylation is 1. The van der Waals surface area contributed by atoms with Crippen LogP contribution in [0.3, 0.4) is 0 Å². The Labute approximate surface area is 127 Å². The standard InChI is InChI=1S/C13H18ClN3O2S/c1-8-7-9(14)3-4-10(8)16-12(18)11(5-6-20-2)17-13(15)19/h3-4,7,11H,5-6H2,1-2H3,(H,16,18)(H3,15,17,19). The highest BCUT2D eigenvalue weighted by molar-refractivity contribution is 7.98. The summed E-state index contributed by atoms with van der Waals surface area (Å²) in [4.78, 5) is 23.1. The van der Waals surface area contributed by atoms with E-state index in [0.29, 0.717) is 17.1 Å². The third-order valence-corrected chi connectivity index (χ3v) is 3.57. The Balaban J connectivity index is 2.76. The van der Waals surface area contributed by atoms with Gasteiger partial charge in [0.1, 0.15) is 6.04 Å². The summed E-state index contributed by atoms with van der Waals surface area (Å²) in [6.07, 6.45) is 2.45. The third kappa shape index (κ3) is 5.30. The second-order valence-electron chi connectivity index (χ2n) is 4.29. The van der Waals surface area contributed by atoms with E-state index in [2.05, 4.69) is 10.6 Å². The Morgan fingerprint density at radius 1 is 1.45 bits per heavy atom. The molecule has 3 amide bonds. The van der Waals surface area contributed by atoms with E-state index in [9.17, 15) is 9.59 Å². The van der Waals surface area contributed by atoms with Crippen molar-refractivity contribution in [3.05, 3.63) is 28.8 Å². The molecule has 7 heteroatoms. The topological polar surface area (TPSA) is 84.2 Å². The summed E-state index contributed by atoms with van der Waals surface area (Å²) in [5.74, 6) is 0.459. The van der Waals surface area contributed by atoms with Crippen molar-refractivity contribution in [2.45, 2.75) is 19.4 Å². The molecule has 4 N–H and O–H groups in total. The van der Waals surface area contributed by atoms with E-state index >= 15 is 0 Å². The van der Waals surface area contributed by atoms with E-state index in [-0.39, 0.29) is 5.91 Å². The zero-order chi connectivity index (χ0) is 15.1. The highest BCUT2D eigenvalue weighted by Gasteiger charge is 2.19. The second-order valence-corrected chi connectivity index (χ2v) is 5.71. The van der Waals surface area contributed by atoms with Gasteiger partial charge in [-0.25, -0.2) is 4.79 Å². The Hall–Kier alpha value is -1.40. The quantitative estimate of drug-likeness (QED) is 0.753. The summed E-state index contributed by atoms with van der Waals surface area (Å²) in [7, 11) is 0. The fourth-order valence-corrected chi connectivity index (χ4v) is 2.36. The van der Waals surface area contributed by atoms with Gasteiger partial charge in [-0.05, 0) is 49.1 Å². The van der Waals surface area contributed by atoms with Crippen LogP contribution in [0.4, 0.5) is 10.5 Å². The first-order valence-corrected chi connectivity index (χ1v) is 7.83. The maximum Gasteiger partial charge on any atom is 0.312 e. The molecule has 0 spiro atoms. The number of thioether (sulfide) groups is 1. The number of urea groups is 1. The molecule has 1 aromatic rings. The molecule has 0 bridgehead atoms. The molecule has 0 radical (unpaired) electrons. The number of halogens is 1. The van der Waals surface area contributed by atoms with Gasteiger partial charge in [0.25, 0.3) is 0 Å². The largest absolute Gasteiger partial charge is 0.352 e. The lowest BCUT2D eigenvalue weighted by atomic mass is 10.1. The number of anilines is 1. The first-order valence-electron chi connectivity index (χ1n) is 6.06. The van der Waals surface area contributed by atoms with Crippen LogP contribution in [0.5, 0.6) is 0 Å². The molecule has 1 unspecified atom stereocenters. The van der Waals surface area contributed by atoms with Gasteiger partial charge in [-0.2, -0.15) is 11.8 Å². The van der Waals surface area contributed by atoms with Crippen LogP contribution in [0.15, 0.2) is 18.2 Å². The molecule has 5 nitrogen and oxygen atoms in total. The van der Waals surface area contributed by atoms with Crippen molar-refractivity contribution in [1.82, 2.24) is 5.32 Å². The zero-order valence-corrected chi connectivity index (χ0v) is 13.0. The average molecular weight is 316 g/mol. The molecule has 1 atom stereocenters. The van der Waals surface area contributed by atoms with E-state index in [1.54, 1.807) is 30.0 Å². The van der Waals surface area contributed by atoms with Gasteiger partial charge in [0.15, 0.2) is 0 Å². The van der Waals surface area contributed by atoms with Gasteiger partial charge in [-0.3, -0.25) is 4.79 Å².